The van der Waals surface area contributed by atoms with Crippen molar-refractivity contribution < 1.29 is 0 Å². The standard InChI is InChI=1S/C38H43N3/c1-24(2)16-33-22-32(30-14-12-26(5)13-15-30)23-34(17-25(3)4)36(33)41-37(31-11-9-10-27(6)19-31)39-40-38(41)35-20-28(7)18-29(8)21-35/h9-15,18-25H,16-17H2,1-8H3. The molecule has 1 heterocycles. The number of benzene rings is 4. The molecule has 41 heavy (non-hydrogen) atoms. The van der Waals surface area contributed by atoms with Gasteiger partial charge in [0, 0.05) is 11.1 Å². The van der Waals surface area contributed by atoms with Crippen LogP contribution in [0.3, 0.4) is 0 Å². The van der Waals surface area contributed by atoms with Crippen LogP contribution in [0.15, 0.2) is 78.9 Å². The first-order chi connectivity index (χ1) is 19.6. The lowest BCUT2D eigenvalue weighted by atomic mass is 9.89. The normalized spacial score (nSPS) is 11.6. The van der Waals surface area contributed by atoms with E-state index in [1.165, 1.54) is 50.2 Å². The summed E-state index contributed by atoms with van der Waals surface area (Å²) in [6.07, 6.45) is 1.94. The molecule has 0 aliphatic rings. The van der Waals surface area contributed by atoms with Crippen LogP contribution in [0, 0.1) is 39.5 Å². The summed E-state index contributed by atoms with van der Waals surface area (Å²) in [5, 5.41) is 9.78. The predicted octanol–water partition coefficient (Wildman–Crippen LogP) is 9.90. The molecular weight excluding hydrogens is 498 g/mol. The zero-order valence-corrected chi connectivity index (χ0v) is 25.9. The minimum Gasteiger partial charge on any atom is -0.274 e. The summed E-state index contributed by atoms with van der Waals surface area (Å²) in [7, 11) is 0. The van der Waals surface area contributed by atoms with Gasteiger partial charge in [0.15, 0.2) is 11.6 Å². The maximum absolute atomic E-state index is 4.89. The number of aromatic nitrogens is 3. The van der Waals surface area contributed by atoms with Crippen LogP contribution in [-0.4, -0.2) is 14.8 Å². The summed E-state index contributed by atoms with van der Waals surface area (Å²) in [6.45, 7) is 17.8. The van der Waals surface area contributed by atoms with Gasteiger partial charge < -0.3 is 0 Å². The van der Waals surface area contributed by atoms with Crippen LogP contribution < -0.4 is 0 Å². The highest BCUT2D eigenvalue weighted by Gasteiger charge is 2.24. The van der Waals surface area contributed by atoms with Crippen molar-refractivity contribution in [2.45, 2.75) is 68.2 Å². The van der Waals surface area contributed by atoms with Crippen LogP contribution in [0.4, 0.5) is 0 Å². The lowest BCUT2D eigenvalue weighted by molar-refractivity contribution is 0.631. The van der Waals surface area contributed by atoms with E-state index in [0.29, 0.717) is 11.8 Å². The summed E-state index contributed by atoms with van der Waals surface area (Å²) in [4.78, 5) is 0. The Morgan fingerprint density at radius 1 is 0.512 bits per heavy atom. The summed E-state index contributed by atoms with van der Waals surface area (Å²) >= 11 is 0. The van der Waals surface area contributed by atoms with Gasteiger partial charge in [-0.05, 0) is 105 Å². The monoisotopic (exact) mass is 541 g/mol. The summed E-state index contributed by atoms with van der Waals surface area (Å²) in [5.41, 5.74) is 13.6. The van der Waals surface area contributed by atoms with Crippen LogP contribution >= 0.6 is 0 Å². The molecule has 0 fully saturated rings. The molecule has 5 aromatic rings. The first kappa shape index (κ1) is 28.5. The van der Waals surface area contributed by atoms with Gasteiger partial charge in [-0.15, -0.1) is 10.2 Å². The van der Waals surface area contributed by atoms with E-state index in [2.05, 4.69) is 139 Å². The van der Waals surface area contributed by atoms with E-state index in [-0.39, 0.29) is 0 Å². The van der Waals surface area contributed by atoms with Gasteiger partial charge >= 0.3 is 0 Å². The van der Waals surface area contributed by atoms with Crippen molar-refractivity contribution in [3.63, 3.8) is 0 Å². The van der Waals surface area contributed by atoms with Crippen molar-refractivity contribution in [2.24, 2.45) is 11.8 Å². The molecule has 0 amide bonds. The van der Waals surface area contributed by atoms with Crippen molar-refractivity contribution in [1.82, 2.24) is 14.8 Å². The Morgan fingerprint density at radius 3 is 1.59 bits per heavy atom. The van der Waals surface area contributed by atoms with E-state index in [9.17, 15) is 0 Å². The molecular formula is C38H43N3. The second kappa shape index (κ2) is 11.9. The van der Waals surface area contributed by atoms with Gasteiger partial charge in [0.1, 0.15) is 0 Å². The van der Waals surface area contributed by atoms with Gasteiger partial charge in [-0.25, -0.2) is 0 Å². The third-order valence-electron chi connectivity index (χ3n) is 7.55. The zero-order valence-electron chi connectivity index (χ0n) is 25.9. The second-order valence-corrected chi connectivity index (χ2v) is 12.6. The number of hydrogen-bond acceptors (Lipinski definition) is 2. The molecule has 1 aromatic heterocycles. The van der Waals surface area contributed by atoms with Crippen LogP contribution in [0.2, 0.25) is 0 Å². The minimum atomic E-state index is 0.498. The largest absolute Gasteiger partial charge is 0.274 e. The second-order valence-electron chi connectivity index (χ2n) is 12.6. The molecule has 3 heteroatoms. The Balaban J connectivity index is 1.87. The van der Waals surface area contributed by atoms with E-state index < -0.39 is 0 Å². The van der Waals surface area contributed by atoms with Crippen LogP contribution in [0.25, 0.3) is 39.6 Å². The fraction of sp³-hybridized carbons (Fsp3) is 0.316. The molecule has 0 N–H and O–H groups in total. The number of hydrogen-bond donors (Lipinski definition) is 0. The Hall–Kier alpha value is -3.98. The van der Waals surface area contributed by atoms with Gasteiger partial charge in [0.25, 0.3) is 0 Å². The van der Waals surface area contributed by atoms with Crippen molar-refractivity contribution >= 4 is 0 Å². The van der Waals surface area contributed by atoms with E-state index in [0.717, 1.165) is 35.6 Å². The fourth-order valence-electron chi connectivity index (χ4n) is 5.91. The number of nitrogens with zero attached hydrogens (tertiary/aromatic N) is 3. The quantitative estimate of drug-likeness (QED) is 0.196. The van der Waals surface area contributed by atoms with Crippen molar-refractivity contribution in [3.05, 3.63) is 112 Å². The molecule has 3 nitrogen and oxygen atoms in total. The maximum atomic E-state index is 4.89. The molecule has 210 valence electrons. The zero-order chi connectivity index (χ0) is 29.3. The van der Waals surface area contributed by atoms with Gasteiger partial charge in [-0.3, -0.25) is 4.57 Å². The molecule has 0 spiro atoms. The fourth-order valence-corrected chi connectivity index (χ4v) is 5.91. The minimum absolute atomic E-state index is 0.498. The van der Waals surface area contributed by atoms with Crippen LogP contribution in [0.1, 0.15) is 61.1 Å². The molecule has 4 aromatic carbocycles. The average Bonchev–Trinajstić information content (AvgIpc) is 3.32. The number of rotatable bonds is 8. The van der Waals surface area contributed by atoms with E-state index in [1.54, 1.807) is 0 Å². The average molecular weight is 542 g/mol. The molecule has 0 atom stereocenters. The van der Waals surface area contributed by atoms with Crippen LogP contribution in [0.5, 0.6) is 0 Å². The summed E-state index contributed by atoms with van der Waals surface area (Å²) in [6, 6.07) is 29.1. The van der Waals surface area contributed by atoms with E-state index in [4.69, 9.17) is 10.2 Å². The van der Waals surface area contributed by atoms with E-state index >= 15 is 0 Å². The Bertz CT molecular complexity index is 1620. The highest BCUT2D eigenvalue weighted by molar-refractivity contribution is 5.74. The first-order valence-electron chi connectivity index (χ1n) is 14.9. The molecule has 0 unspecified atom stereocenters. The Morgan fingerprint density at radius 2 is 1.05 bits per heavy atom. The molecule has 0 aliphatic heterocycles. The summed E-state index contributed by atoms with van der Waals surface area (Å²) < 4.78 is 2.36. The van der Waals surface area contributed by atoms with Crippen LogP contribution in [-0.2, 0) is 12.8 Å². The SMILES string of the molecule is Cc1ccc(-c2cc(CC(C)C)c(-n3c(-c4cccc(C)c4)nnc3-c3cc(C)cc(C)c3)c(CC(C)C)c2)cc1. The maximum Gasteiger partial charge on any atom is 0.168 e. The number of aryl methyl sites for hydroxylation is 4. The van der Waals surface area contributed by atoms with Gasteiger partial charge in [0.05, 0.1) is 5.69 Å². The van der Waals surface area contributed by atoms with Crippen molar-refractivity contribution in [1.29, 1.82) is 0 Å². The highest BCUT2D eigenvalue weighted by Crippen LogP contribution is 2.37. The lowest BCUT2D eigenvalue weighted by Gasteiger charge is -2.23. The van der Waals surface area contributed by atoms with Gasteiger partial charge in [-0.2, -0.15) is 0 Å². The summed E-state index contributed by atoms with van der Waals surface area (Å²) in [5.74, 6) is 2.78. The molecule has 0 bridgehead atoms. The van der Waals surface area contributed by atoms with Gasteiger partial charge in [0.2, 0.25) is 0 Å². The topological polar surface area (TPSA) is 30.7 Å². The van der Waals surface area contributed by atoms with Crippen molar-refractivity contribution in [3.8, 4) is 39.6 Å². The van der Waals surface area contributed by atoms with Crippen molar-refractivity contribution in [2.75, 3.05) is 0 Å². The molecule has 0 saturated carbocycles. The Labute approximate surface area is 246 Å². The third-order valence-corrected chi connectivity index (χ3v) is 7.55. The smallest absolute Gasteiger partial charge is 0.168 e. The highest BCUT2D eigenvalue weighted by atomic mass is 15.3. The first-order valence-corrected chi connectivity index (χ1v) is 14.9. The molecule has 0 saturated heterocycles. The molecule has 5 rings (SSSR count). The van der Waals surface area contributed by atoms with E-state index in [1.807, 2.05) is 0 Å². The third kappa shape index (κ3) is 6.35. The molecule has 0 aliphatic carbocycles. The predicted molar refractivity (Wildman–Crippen MR) is 174 cm³/mol. The molecule has 0 radical (unpaired) electrons. The van der Waals surface area contributed by atoms with Gasteiger partial charge in [-0.1, -0.05) is 98.5 Å². The lowest BCUT2D eigenvalue weighted by Crippen LogP contribution is -2.12. The Kier molecular flexibility index (Phi) is 8.26.